The van der Waals surface area contributed by atoms with Crippen molar-refractivity contribution >= 4 is 21.6 Å². The number of amides is 1. The van der Waals surface area contributed by atoms with Gasteiger partial charge in [0.15, 0.2) is 11.5 Å². The van der Waals surface area contributed by atoms with E-state index in [1.165, 1.54) is 12.1 Å². The van der Waals surface area contributed by atoms with Crippen LogP contribution in [0.3, 0.4) is 0 Å². The highest BCUT2D eigenvalue weighted by Gasteiger charge is 2.29. The first kappa shape index (κ1) is 23.4. The summed E-state index contributed by atoms with van der Waals surface area (Å²) in [7, 11) is -2.48. The first-order valence-corrected chi connectivity index (χ1v) is 12.2. The number of anilines is 1. The van der Waals surface area contributed by atoms with Crippen molar-refractivity contribution in [2.75, 3.05) is 31.2 Å². The highest BCUT2D eigenvalue weighted by Crippen LogP contribution is 2.35. The lowest BCUT2D eigenvalue weighted by atomic mass is 10.1. The number of methoxy groups -OCH3 is 1. The van der Waals surface area contributed by atoms with Crippen molar-refractivity contribution < 1.29 is 27.4 Å². The molecule has 0 fully saturated rings. The fourth-order valence-electron chi connectivity index (χ4n) is 3.74. The number of nitrogens with zero attached hydrogens (tertiary/aromatic N) is 1. The molecule has 0 spiro atoms. The van der Waals surface area contributed by atoms with E-state index in [1.54, 1.807) is 49.6 Å². The minimum absolute atomic E-state index is 0.0791. The highest BCUT2D eigenvalue weighted by molar-refractivity contribution is 7.92. The van der Waals surface area contributed by atoms with E-state index < -0.39 is 28.5 Å². The van der Waals surface area contributed by atoms with Crippen molar-refractivity contribution in [1.82, 2.24) is 5.32 Å². The third kappa shape index (κ3) is 4.94. The standard InChI is InChI=1S/C25H26N2O6S/c1-18(21-10-6-7-11-22(21)31-2)26-25(28)17-27(34(29,30)20-8-4-3-5-9-20)19-12-13-23-24(16-19)33-15-14-32-23/h3-13,16,18H,14-15,17H2,1-2H3,(H,26,28)/t18-/m0/s1. The zero-order valence-corrected chi connectivity index (χ0v) is 19.7. The van der Waals surface area contributed by atoms with Crippen LogP contribution in [-0.2, 0) is 14.8 Å². The quantitative estimate of drug-likeness (QED) is 0.528. The molecular weight excluding hydrogens is 456 g/mol. The van der Waals surface area contributed by atoms with Crippen LogP contribution in [0.2, 0.25) is 0 Å². The van der Waals surface area contributed by atoms with E-state index in [-0.39, 0.29) is 4.90 Å². The van der Waals surface area contributed by atoms with Gasteiger partial charge in [0.05, 0.1) is 23.7 Å². The molecular formula is C25H26N2O6S. The number of benzene rings is 3. The molecule has 3 aromatic rings. The van der Waals surface area contributed by atoms with Gasteiger partial charge in [-0.3, -0.25) is 9.10 Å². The van der Waals surface area contributed by atoms with Crippen molar-refractivity contribution in [3.63, 3.8) is 0 Å². The summed E-state index contributed by atoms with van der Waals surface area (Å²) in [6.07, 6.45) is 0. The molecule has 0 saturated carbocycles. The van der Waals surface area contributed by atoms with E-state index in [9.17, 15) is 13.2 Å². The lowest BCUT2D eigenvalue weighted by Crippen LogP contribution is -2.41. The number of nitrogens with one attached hydrogen (secondary N) is 1. The third-order valence-electron chi connectivity index (χ3n) is 5.42. The largest absolute Gasteiger partial charge is 0.496 e. The summed E-state index contributed by atoms with van der Waals surface area (Å²) in [6.45, 7) is 2.17. The van der Waals surface area contributed by atoms with Crippen molar-refractivity contribution in [3.8, 4) is 17.2 Å². The summed E-state index contributed by atoms with van der Waals surface area (Å²) in [6, 6.07) is 19.8. The maximum Gasteiger partial charge on any atom is 0.264 e. The molecule has 0 saturated heterocycles. The Hall–Kier alpha value is -3.72. The zero-order valence-electron chi connectivity index (χ0n) is 18.9. The van der Waals surface area contributed by atoms with E-state index >= 15 is 0 Å². The minimum Gasteiger partial charge on any atom is -0.496 e. The van der Waals surface area contributed by atoms with E-state index in [0.29, 0.717) is 36.1 Å². The first-order valence-electron chi connectivity index (χ1n) is 10.8. The number of fused-ring (bicyclic) bond motifs is 1. The predicted molar refractivity (Wildman–Crippen MR) is 128 cm³/mol. The number of hydrogen-bond donors (Lipinski definition) is 1. The molecule has 1 heterocycles. The molecule has 178 valence electrons. The first-order chi connectivity index (χ1) is 16.4. The molecule has 1 aliphatic rings. The van der Waals surface area contributed by atoms with Gasteiger partial charge in [0.1, 0.15) is 25.5 Å². The van der Waals surface area contributed by atoms with Gasteiger partial charge in [-0.2, -0.15) is 0 Å². The molecule has 4 rings (SSSR count). The summed E-state index contributed by atoms with van der Waals surface area (Å²) < 4.78 is 44.7. The molecule has 0 unspecified atom stereocenters. The predicted octanol–water partition coefficient (Wildman–Crippen LogP) is 3.54. The molecule has 1 N–H and O–H groups in total. The normalized spacial score (nSPS) is 13.6. The van der Waals surface area contributed by atoms with Gasteiger partial charge < -0.3 is 19.5 Å². The van der Waals surface area contributed by atoms with E-state index in [1.807, 2.05) is 25.1 Å². The topological polar surface area (TPSA) is 94.2 Å². The zero-order chi connectivity index (χ0) is 24.1. The van der Waals surface area contributed by atoms with Crippen LogP contribution in [0.25, 0.3) is 0 Å². The van der Waals surface area contributed by atoms with Crippen LogP contribution in [0.1, 0.15) is 18.5 Å². The second-order valence-electron chi connectivity index (χ2n) is 7.68. The Morgan fingerprint density at radius 2 is 1.68 bits per heavy atom. The smallest absolute Gasteiger partial charge is 0.264 e. The fraction of sp³-hybridized carbons (Fsp3) is 0.240. The number of hydrogen-bond acceptors (Lipinski definition) is 6. The number of carbonyl (C=O) groups excluding carboxylic acids is 1. The van der Waals surface area contributed by atoms with Crippen LogP contribution in [0.4, 0.5) is 5.69 Å². The van der Waals surface area contributed by atoms with Gasteiger partial charge in [-0.05, 0) is 37.3 Å². The monoisotopic (exact) mass is 482 g/mol. The molecule has 34 heavy (non-hydrogen) atoms. The van der Waals surface area contributed by atoms with Gasteiger partial charge >= 0.3 is 0 Å². The van der Waals surface area contributed by atoms with Crippen molar-refractivity contribution in [2.24, 2.45) is 0 Å². The molecule has 0 radical (unpaired) electrons. The van der Waals surface area contributed by atoms with Gasteiger partial charge in [0.25, 0.3) is 10.0 Å². The number of sulfonamides is 1. The lowest BCUT2D eigenvalue weighted by molar-refractivity contribution is -0.120. The third-order valence-corrected chi connectivity index (χ3v) is 7.20. The highest BCUT2D eigenvalue weighted by atomic mass is 32.2. The number of rotatable bonds is 8. The molecule has 1 atom stereocenters. The Morgan fingerprint density at radius 1 is 1.00 bits per heavy atom. The molecule has 9 heteroatoms. The summed E-state index contributed by atoms with van der Waals surface area (Å²) in [5, 5.41) is 2.88. The summed E-state index contributed by atoms with van der Waals surface area (Å²) in [5.41, 5.74) is 1.09. The van der Waals surface area contributed by atoms with E-state index in [0.717, 1.165) is 9.87 Å². The maximum atomic E-state index is 13.5. The molecule has 1 aliphatic heterocycles. The maximum absolute atomic E-state index is 13.5. The van der Waals surface area contributed by atoms with Crippen molar-refractivity contribution in [1.29, 1.82) is 0 Å². The SMILES string of the molecule is COc1ccccc1[C@H](C)NC(=O)CN(c1ccc2c(c1)OCCO2)S(=O)(=O)c1ccccc1. The lowest BCUT2D eigenvalue weighted by Gasteiger charge is -2.27. The van der Waals surface area contributed by atoms with Crippen LogP contribution in [0.5, 0.6) is 17.2 Å². The minimum atomic E-state index is -4.04. The van der Waals surface area contributed by atoms with Crippen LogP contribution in [0, 0.1) is 0 Å². The van der Waals surface area contributed by atoms with Gasteiger partial charge in [-0.15, -0.1) is 0 Å². The molecule has 1 amide bonds. The molecule has 0 aromatic heterocycles. The Balaban J connectivity index is 1.64. The van der Waals surface area contributed by atoms with Crippen LogP contribution in [0.15, 0.2) is 77.7 Å². The summed E-state index contributed by atoms with van der Waals surface area (Å²) in [4.78, 5) is 13.1. The second-order valence-corrected chi connectivity index (χ2v) is 9.55. The van der Waals surface area contributed by atoms with Gasteiger partial charge in [0, 0.05) is 11.6 Å². The number of ether oxygens (including phenoxy) is 3. The van der Waals surface area contributed by atoms with Gasteiger partial charge in [-0.1, -0.05) is 36.4 Å². The van der Waals surface area contributed by atoms with Crippen LogP contribution in [-0.4, -0.2) is 41.2 Å². The Kier molecular flexibility index (Phi) is 6.93. The van der Waals surface area contributed by atoms with Crippen LogP contribution < -0.4 is 23.8 Å². The summed E-state index contributed by atoms with van der Waals surface area (Å²) in [5.74, 6) is 1.13. The number of carbonyl (C=O) groups is 1. The van der Waals surface area contributed by atoms with Crippen molar-refractivity contribution in [3.05, 3.63) is 78.4 Å². The van der Waals surface area contributed by atoms with Gasteiger partial charge in [-0.25, -0.2) is 8.42 Å². The molecule has 0 bridgehead atoms. The summed E-state index contributed by atoms with van der Waals surface area (Å²) >= 11 is 0. The van der Waals surface area contributed by atoms with Crippen LogP contribution >= 0.6 is 0 Å². The molecule has 0 aliphatic carbocycles. The fourth-order valence-corrected chi connectivity index (χ4v) is 5.18. The molecule has 8 nitrogen and oxygen atoms in total. The Labute approximate surface area is 199 Å². The number of para-hydroxylation sites is 1. The van der Waals surface area contributed by atoms with Crippen molar-refractivity contribution in [2.45, 2.75) is 17.9 Å². The Bertz CT molecular complexity index is 1260. The second kappa shape index (κ2) is 10.0. The van der Waals surface area contributed by atoms with E-state index in [4.69, 9.17) is 14.2 Å². The average Bonchev–Trinajstić information content (AvgIpc) is 2.87. The average molecular weight is 483 g/mol. The molecule has 3 aromatic carbocycles. The van der Waals surface area contributed by atoms with E-state index in [2.05, 4.69) is 5.32 Å². The van der Waals surface area contributed by atoms with Gasteiger partial charge in [0.2, 0.25) is 5.91 Å². The Morgan fingerprint density at radius 3 is 2.41 bits per heavy atom.